The molecular weight excluding hydrogens is 281 g/mol. The molecule has 0 N–H and O–H groups in total. The van der Waals surface area contributed by atoms with E-state index < -0.39 is 0 Å². The van der Waals surface area contributed by atoms with Gasteiger partial charge in [-0.2, -0.15) is 0 Å². The zero-order valence-electron chi connectivity index (χ0n) is 12.4. The molecule has 3 rings (SSSR count). The Labute approximate surface area is 129 Å². The minimum Gasteiger partial charge on any atom is -0.308 e. The van der Waals surface area contributed by atoms with E-state index in [0.29, 0.717) is 25.2 Å². The van der Waals surface area contributed by atoms with E-state index >= 15 is 0 Å². The summed E-state index contributed by atoms with van der Waals surface area (Å²) in [5.41, 5.74) is 1.28. The predicted octanol–water partition coefficient (Wildman–Crippen LogP) is 2.46. The van der Waals surface area contributed by atoms with Crippen LogP contribution in [0.25, 0.3) is 0 Å². The summed E-state index contributed by atoms with van der Waals surface area (Å²) in [5, 5.41) is 0. The lowest BCUT2D eigenvalue weighted by Crippen LogP contribution is -2.39. The largest absolute Gasteiger partial charge is 0.308 e. The third-order valence-electron chi connectivity index (χ3n) is 3.99. The maximum atomic E-state index is 13.9. The van der Waals surface area contributed by atoms with Crippen LogP contribution in [0.3, 0.4) is 0 Å². The fourth-order valence-corrected chi connectivity index (χ4v) is 2.84. The highest BCUT2D eigenvalue weighted by Crippen LogP contribution is 2.26. The fraction of sp³-hybridized carbons (Fsp3) is 0.294. The van der Waals surface area contributed by atoms with Gasteiger partial charge in [-0.1, -0.05) is 18.2 Å². The van der Waals surface area contributed by atoms with Crippen molar-refractivity contribution in [2.24, 2.45) is 0 Å². The number of benzene rings is 1. The molecule has 1 atom stereocenters. The summed E-state index contributed by atoms with van der Waals surface area (Å²) < 4.78 is 13.9. The number of hydrogen-bond donors (Lipinski definition) is 0. The lowest BCUT2D eigenvalue weighted by molar-refractivity contribution is -0.121. The van der Waals surface area contributed by atoms with Gasteiger partial charge in [-0.05, 0) is 37.7 Å². The highest BCUT2D eigenvalue weighted by Gasteiger charge is 2.36. The number of aromatic nitrogens is 1. The number of rotatable bonds is 4. The van der Waals surface area contributed by atoms with Crippen molar-refractivity contribution in [3.8, 4) is 0 Å². The lowest BCUT2D eigenvalue weighted by Gasteiger charge is -2.23. The third kappa shape index (κ3) is 2.85. The number of nitrogens with zero attached hydrogens (tertiary/aromatic N) is 3. The number of hydrogen-bond acceptors (Lipinski definition) is 3. The summed E-state index contributed by atoms with van der Waals surface area (Å²) in [5.74, 6) is -0.410. The molecule has 0 radical (unpaired) electrons. The van der Waals surface area contributed by atoms with Crippen LogP contribution in [0.15, 0.2) is 48.7 Å². The van der Waals surface area contributed by atoms with Crippen molar-refractivity contribution in [1.82, 2.24) is 9.88 Å². The topological polar surface area (TPSA) is 36.4 Å². The Hall–Kier alpha value is -2.27. The van der Waals surface area contributed by atoms with Crippen molar-refractivity contribution >= 4 is 11.6 Å². The van der Waals surface area contributed by atoms with Gasteiger partial charge in [-0.15, -0.1) is 0 Å². The van der Waals surface area contributed by atoms with Crippen molar-refractivity contribution in [2.75, 3.05) is 18.5 Å². The molecule has 0 aliphatic carbocycles. The minimum absolute atomic E-state index is 0.0523. The Morgan fingerprint density at radius 1 is 1.27 bits per heavy atom. The van der Waals surface area contributed by atoms with Crippen molar-refractivity contribution in [3.05, 3.63) is 60.2 Å². The van der Waals surface area contributed by atoms with Crippen LogP contribution < -0.4 is 4.90 Å². The van der Waals surface area contributed by atoms with Gasteiger partial charge >= 0.3 is 0 Å². The van der Waals surface area contributed by atoms with Crippen molar-refractivity contribution in [1.29, 1.82) is 0 Å². The smallest absolute Gasteiger partial charge is 0.244 e. The number of anilines is 1. The van der Waals surface area contributed by atoms with E-state index in [2.05, 4.69) is 4.98 Å². The molecule has 0 saturated carbocycles. The van der Waals surface area contributed by atoms with Crippen molar-refractivity contribution < 1.29 is 9.18 Å². The van der Waals surface area contributed by atoms with Gasteiger partial charge in [-0.25, -0.2) is 4.39 Å². The van der Waals surface area contributed by atoms with Crippen LogP contribution in [0.4, 0.5) is 10.1 Å². The van der Waals surface area contributed by atoms with E-state index in [4.69, 9.17) is 0 Å². The number of carbonyl (C=O) groups excluding carboxylic acids is 1. The monoisotopic (exact) mass is 299 g/mol. The fourth-order valence-electron chi connectivity index (χ4n) is 2.84. The highest BCUT2D eigenvalue weighted by atomic mass is 19.1. The number of para-hydroxylation sites is 1. The Balaban J connectivity index is 1.72. The first-order valence-corrected chi connectivity index (χ1v) is 7.33. The van der Waals surface area contributed by atoms with Gasteiger partial charge in [0.1, 0.15) is 5.82 Å². The molecule has 0 spiro atoms. The first-order chi connectivity index (χ1) is 10.7. The second-order valence-corrected chi connectivity index (χ2v) is 5.48. The molecule has 2 aromatic rings. The molecule has 1 aliphatic rings. The average Bonchev–Trinajstić information content (AvgIpc) is 2.90. The van der Waals surface area contributed by atoms with E-state index in [1.54, 1.807) is 24.4 Å². The first-order valence-electron chi connectivity index (χ1n) is 7.33. The molecule has 0 unspecified atom stereocenters. The minimum atomic E-state index is -0.358. The molecule has 2 heterocycles. The van der Waals surface area contributed by atoms with Gasteiger partial charge in [0.2, 0.25) is 5.91 Å². The lowest BCUT2D eigenvalue weighted by atomic mass is 10.2. The van der Waals surface area contributed by atoms with Crippen LogP contribution in [0.1, 0.15) is 12.1 Å². The molecule has 114 valence electrons. The Kier molecular flexibility index (Phi) is 4.15. The SMILES string of the molecule is CN(Cc1ccccn1)[C@H]1CCN(c2ccccc2F)C1=O. The molecule has 4 nitrogen and oxygen atoms in total. The maximum absolute atomic E-state index is 13.9. The molecule has 1 amide bonds. The van der Waals surface area contributed by atoms with Crippen LogP contribution in [0, 0.1) is 5.82 Å². The van der Waals surface area contributed by atoms with E-state index in [-0.39, 0.29) is 17.8 Å². The highest BCUT2D eigenvalue weighted by molar-refractivity contribution is 5.99. The number of pyridine rings is 1. The zero-order valence-corrected chi connectivity index (χ0v) is 12.4. The van der Waals surface area contributed by atoms with E-state index in [1.807, 2.05) is 30.1 Å². The molecule has 22 heavy (non-hydrogen) atoms. The van der Waals surface area contributed by atoms with Gasteiger partial charge in [-0.3, -0.25) is 14.7 Å². The van der Waals surface area contributed by atoms with E-state index in [9.17, 15) is 9.18 Å². The van der Waals surface area contributed by atoms with Crippen LogP contribution in [0.2, 0.25) is 0 Å². The predicted molar refractivity (Wildman–Crippen MR) is 82.9 cm³/mol. The van der Waals surface area contributed by atoms with Gasteiger partial charge in [0.15, 0.2) is 0 Å². The Morgan fingerprint density at radius 2 is 2.05 bits per heavy atom. The maximum Gasteiger partial charge on any atom is 0.244 e. The number of carbonyl (C=O) groups is 1. The van der Waals surface area contributed by atoms with Crippen LogP contribution in [-0.4, -0.2) is 35.4 Å². The molecule has 5 heteroatoms. The second kappa shape index (κ2) is 6.23. The summed E-state index contributed by atoms with van der Waals surface area (Å²) in [4.78, 5) is 20.4. The quantitative estimate of drug-likeness (QED) is 0.870. The van der Waals surface area contributed by atoms with Crippen molar-refractivity contribution in [2.45, 2.75) is 19.0 Å². The summed E-state index contributed by atoms with van der Waals surface area (Å²) >= 11 is 0. The second-order valence-electron chi connectivity index (χ2n) is 5.48. The number of amides is 1. The van der Waals surface area contributed by atoms with Gasteiger partial charge in [0.05, 0.1) is 17.4 Å². The summed E-state index contributed by atoms with van der Waals surface area (Å²) in [7, 11) is 1.90. The molecule has 1 saturated heterocycles. The molecule has 1 aromatic carbocycles. The number of likely N-dealkylation sites (N-methyl/N-ethyl adjacent to an activating group) is 1. The molecule has 1 aliphatic heterocycles. The summed E-state index contributed by atoms with van der Waals surface area (Å²) in [6.07, 6.45) is 2.43. The average molecular weight is 299 g/mol. The number of halogens is 1. The first kappa shape index (κ1) is 14.7. The zero-order chi connectivity index (χ0) is 15.5. The van der Waals surface area contributed by atoms with Gasteiger partial charge < -0.3 is 4.90 Å². The van der Waals surface area contributed by atoms with E-state index in [0.717, 1.165) is 5.69 Å². The van der Waals surface area contributed by atoms with Crippen LogP contribution in [-0.2, 0) is 11.3 Å². The normalized spacial score (nSPS) is 18.2. The molecule has 0 bridgehead atoms. The van der Waals surface area contributed by atoms with Gasteiger partial charge in [0.25, 0.3) is 0 Å². The van der Waals surface area contributed by atoms with E-state index in [1.165, 1.54) is 11.0 Å². The van der Waals surface area contributed by atoms with Crippen LogP contribution >= 0.6 is 0 Å². The van der Waals surface area contributed by atoms with Crippen LogP contribution in [0.5, 0.6) is 0 Å². The summed E-state index contributed by atoms with van der Waals surface area (Å²) in [6.45, 7) is 1.14. The third-order valence-corrected chi connectivity index (χ3v) is 3.99. The summed E-state index contributed by atoms with van der Waals surface area (Å²) in [6, 6.07) is 11.9. The van der Waals surface area contributed by atoms with Gasteiger partial charge in [0, 0.05) is 19.3 Å². The standard InChI is InChI=1S/C17H18FN3O/c1-20(12-13-6-4-5-10-19-13)16-9-11-21(17(16)22)15-8-3-2-7-14(15)18/h2-8,10,16H,9,11-12H2,1H3/t16-/m0/s1. The van der Waals surface area contributed by atoms with Crippen molar-refractivity contribution in [3.63, 3.8) is 0 Å². The Bertz CT molecular complexity index is 662. The Morgan fingerprint density at radius 3 is 2.77 bits per heavy atom. The molecular formula is C17H18FN3O. The molecule has 1 aromatic heterocycles. The molecule has 1 fully saturated rings.